The summed E-state index contributed by atoms with van der Waals surface area (Å²) in [6.07, 6.45) is 3.32. The van der Waals surface area contributed by atoms with Gasteiger partial charge in [-0.1, -0.05) is 6.07 Å². The smallest absolute Gasteiger partial charge is 0.191 e. The Morgan fingerprint density at radius 2 is 2.07 bits per heavy atom. The molecule has 158 valence electrons. The van der Waals surface area contributed by atoms with E-state index in [9.17, 15) is 5.11 Å². The van der Waals surface area contributed by atoms with E-state index in [2.05, 4.69) is 22.5 Å². The van der Waals surface area contributed by atoms with Crippen molar-refractivity contribution >= 4 is 5.96 Å². The van der Waals surface area contributed by atoms with E-state index in [0.717, 1.165) is 63.6 Å². The van der Waals surface area contributed by atoms with Crippen molar-refractivity contribution in [2.45, 2.75) is 45.7 Å². The fraction of sp³-hybridized carbons (Fsp3) is 0.667. The molecule has 28 heavy (non-hydrogen) atoms. The molecule has 0 aromatic heterocycles. The molecule has 1 aliphatic rings. The zero-order valence-corrected chi connectivity index (χ0v) is 17.5. The number of hydrogen-bond donors (Lipinski definition) is 3. The highest BCUT2D eigenvalue weighted by molar-refractivity contribution is 5.80. The maximum atomic E-state index is 9.84. The third kappa shape index (κ3) is 7.56. The summed E-state index contributed by atoms with van der Waals surface area (Å²) in [5, 5.41) is 16.7. The Kier molecular flexibility index (Phi) is 9.93. The Balaban J connectivity index is 1.86. The summed E-state index contributed by atoms with van der Waals surface area (Å²) in [6.45, 7) is 10.0. The molecule has 1 fully saturated rings. The topological polar surface area (TPSA) is 78.4 Å². The second-order valence-electron chi connectivity index (χ2n) is 7.04. The molecule has 0 atom stereocenters. The molecule has 0 spiro atoms. The minimum Gasteiger partial charge on any atom is -0.504 e. The minimum absolute atomic E-state index is 0.164. The Labute approximate surface area is 169 Å². The number of methoxy groups -OCH3 is 1. The van der Waals surface area contributed by atoms with Gasteiger partial charge >= 0.3 is 0 Å². The van der Waals surface area contributed by atoms with Crippen LogP contribution in [-0.2, 0) is 11.3 Å². The van der Waals surface area contributed by atoms with Crippen molar-refractivity contribution in [2.24, 2.45) is 4.99 Å². The Hall–Kier alpha value is -1.99. The first-order valence-electron chi connectivity index (χ1n) is 10.4. The summed E-state index contributed by atoms with van der Waals surface area (Å²) in [6, 6.07) is 5.83. The van der Waals surface area contributed by atoms with Crippen LogP contribution in [0.25, 0.3) is 0 Å². The molecule has 0 radical (unpaired) electrons. The predicted octanol–water partition coefficient (Wildman–Crippen LogP) is 2.35. The quantitative estimate of drug-likeness (QED) is 0.322. The van der Waals surface area contributed by atoms with E-state index in [1.807, 2.05) is 19.1 Å². The average molecular weight is 393 g/mol. The maximum Gasteiger partial charge on any atom is 0.191 e. The molecule has 0 bridgehead atoms. The maximum absolute atomic E-state index is 9.84. The summed E-state index contributed by atoms with van der Waals surface area (Å²) >= 11 is 0. The molecule has 0 unspecified atom stereocenters. The number of likely N-dealkylation sites (tertiary alicyclic amines) is 1. The van der Waals surface area contributed by atoms with Crippen LogP contribution in [0.3, 0.4) is 0 Å². The van der Waals surface area contributed by atoms with Gasteiger partial charge in [-0.3, -0.25) is 0 Å². The second kappa shape index (κ2) is 12.5. The van der Waals surface area contributed by atoms with Crippen LogP contribution in [0.4, 0.5) is 0 Å². The van der Waals surface area contributed by atoms with Crippen LogP contribution in [0.5, 0.6) is 11.5 Å². The number of guanidine groups is 1. The van der Waals surface area contributed by atoms with Gasteiger partial charge in [0, 0.05) is 45.9 Å². The van der Waals surface area contributed by atoms with Gasteiger partial charge in [-0.15, -0.1) is 0 Å². The van der Waals surface area contributed by atoms with Crippen molar-refractivity contribution in [1.82, 2.24) is 15.5 Å². The molecule has 3 N–H and O–H groups in total. The molecule has 1 aliphatic heterocycles. The molecular formula is C21H36N4O3. The Morgan fingerprint density at radius 1 is 1.29 bits per heavy atom. The van der Waals surface area contributed by atoms with E-state index in [0.29, 0.717) is 24.9 Å². The average Bonchev–Trinajstić information content (AvgIpc) is 2.70. The molecule has 7 heteroatoms. The highest BCUT2D eigenvalue weighted by Gasteiger charge is 2.19. The Morgan fingerprint density at radius 3 is 2.75 bits per heavy atom. The summed E-state index contributed by atoms with van der Waals surface area (Å²) in [4.78, 5) is 7.22. The predicted molar refractivity (Wildman–Crippen MR) is 113 cm³/mol. The normalized spacial score (nSPS) is 16.2. The lowest BCUT2D eigenvalue weighted by molar-refractivity contribution is 0.155. The van der Waals surface area contributed by atoms with Gasteiger partial charge in [0.15, 0.2) is 17.5 Å². The first-order valence-corrected chi connectivity index (χ1v) is 10.4. The molecule has 0 amide bonds. The van der Waals surface area contributed by atoms with E-state index in [4.69, 9.17) is 14.5 Å². The number of ether oxygens (including phenoxy) is 2. The van der Waals surface area contributed by atoms with E-state index in [-0.39, 0.29) is 5.75 Å². The van der Waals surface area contributed by atoms with Crippen molar-refractivity contribution in [3.63, 3.8) is 0 Å². The molecule has 1 aromatic rings. The fourth-order valence-corrected chi connectivity index (χ4v) is 3.35. The minimum atomic E-state index is 0.164. The summed E-state index contributed by atoms with van der Waals surface area (Å²) < 4.78 is 10.6. The Bertz CT molecular complexity index is 601. The molecule has 0 saturated carbocycles. The summed E-state index contributed by atoms with van der Waals surface area (Å²) in [7, 11) is 1.76. The van der Waals surface area contributed by atoms with Gasteiger partial charge in [0.25, 0.3) is 0 Å². The number of aliphatic imine (C=N–C) groups is 1. The third-order valence-corrected chi connectivity index (χ3v) is 4.84. The molecule has 2 rings (SSSR count). The fourth-order valence-electron chi connectivity index (χ4n) is 3.35. The van der Waals surface area contributed by atoms with Crippen LogP contribution in [0.15, 0.2) is 23.2 Å². The van der Waals surface area contributed by atoms with Gasteiger partial charge in [0.2, 0.25) is 0 Å². The number of nitrogens with zero attached hydrogens (tertiary/aromatic N) is 2. The number of piperidine rings is 1. The first kappa shape index (κ1) is 22.3. The largest absolute Gasteiger partial charge is 0.504 e. The number of benzene rings is 1. The summed E-state index contributed by atoms with van der Waals surface area (Å²) in [5.41, 5.74) is 1.01. The van der Waals surface area contributed by atoms with Crippen LogP contribution in [0.2, 0.25) is 0 Å². The number of phenolic OH excluding ortho intramolecular Hbond substituents is 1. The van der Waals surface area contributed by atoms with Crippen molar-refractivity contribution in [1.29, 1.82) is 0 Å². The van der Waals surface area contributed by atoms with Crippen molar-refractivity contribution < 1.29 is 14.6 Å². The van der Waals surface area contributed by atoms with Gasteiger partial charge < -0.3 is 30.1 Å². The highest BCUT2D eigenvalue weighted by atomic mass is 16.5. The summed E-state index contributed by atoms with van der Waals surface area (Å²) in [5.74, 6) is 1.51. The highest BCUT2D eigenvalue weighted by Crippen LogP contribution is 2.27. The van der Waals surface area contributed by atoms with Crippen LogP contribution in [-0.4, -0.2) is 68.5 Å². The van der Waals surface area contributed by atoms with Crippen molar-refractivity contribution in [3.8, 4) is 11.5 Å². The number of nitrogens with one attached hydrogen (secondary N) is 2. The number of phenols is 1. The zero-order chi connectivity index (χ0) is 20.2. The first-order chi connectivity index (χ1) is 13.7. The van der Waals surface area contributed by atoms with Gasteiger partial charge in [-0.2, -0.15) is 0 Å². The molecular weight excluding hydrogens is 356 g/mol. The van der Waals surface area contributed by atoms with E-state index >= 15 is 0 Å². The number of aromatic hydroxyl groups is 1. The lowest BCUT2D eigenvalue weighted by Crippen LogP contribution is -2.48. The third-order valence-electron chi connectivity index (χ3n) is 4.84. The standard InChI is InChI=1S/C21H36N4O3/c1-4-22-21(23-16-17-7-8-19(26)20(15-17)28-5-2)24-18-9-12-25(13-10-18)11-6-14-27-3/h7-8,15,18,26H,4-6,9-14,16H2,1-3H3,(H2,22,23,24). The van der Waals surface area contributed by atoms with Gasteiger partial charge in [-0.05, 0) is 50.8 Å². The van der Waals surface area contributed by atoms with Crippen LogP contribution in [0.1, 0.15) is 38.7 Å². The van der Waals surface area contributed by atoms with E-state index in [1.54, 1.807) is 13.2 Å². The molecule has 1 heterocycles. The molecule has 1 saturated heterocycles. The van der Waals surface area contributed by atoms with E-state index in [1.165, 1.54) is 0 Å². The van der Waals surface area contributed by atoms with Crippen LogP contribution < -0.4 is 15.4 Å². The number of hydrogen-bond acceptors (Lipinski definition) is 5. The van der Waals surface area contributed by atoms with Gasteiger partial charge in [0.1, 0.15) is 0 Å². The van der Waals surface area contributed by atoms with Crippen LogP contribution in [0, 0.1) is 0 Å². The number of rotatable bonds is 10. The van der Waals surface area contributed by atoms with Gasteiger partial charge in [0.05, 0.1) is 13.2 Å². The SMILES string of the molecule is CCNC(=NCc1ccc(O)c(OCC)c1)NC1CCN(CCCOC)CC1. The second-order valence-corrected chi connectivity index (χ2v) is 7.04. The zero-order valence-electron chi connectivity index (χ0n) is 17.5. The monoisotopic (exact) mass is 392 g/mol. The van der Waals surface area contributed by atoms with Crippen molar-refractivity contribution in [2.75, 3.05) is 46.5 Å². The lowest BCUT2D eigenvalue weighted by atomic mass is 10.1. The van der Waals surface area contributed by atoms with Crippen molar-refractivity contribution in [3.05, 3.63) is 23.8 Å². The lowest BCUT2D eigenvalue weighted by Gasteiger charge is -2.33. The van der Waals surface area contributed by atoms with E-state index < -0.39 is 0 Å². The molecule has 7 nitrogen and oxygen atoms in total. The van der Waals surface area contributed by atoms with Crippen LogP contribution >= 0.6 is 0 Å². The molecule has 0 aliphatic carbocycles. The van der Waals surface area contributed by atoms with Gasteiger partial charge in [-0.25, -0.2) is 4.99 Å². The molecule has 1 aromatic carbocycles.